The lowest BCUT2D eigenvalue weighted by molar-refractivity contribution is -0.143. The molecule has 0 saturated carbocycles. The fourth-order valence-electron chi connectivity index (χ4n) is 3.77. The summed E-state index contributed by atoms with van der Waals surface area (Å²) < 4.78 is 0. The molecule has 3 aromatic rings. The van der Waals surface area contributed by atoms with E-state index in [9.17, 15) is 29.4 Å². The highest BCUT2D eigenvalue weighted by atomic mass is 16.4. The Balaban J connectivity index is 1.78. The summed E-state index contributed by atoms with van der Waals surface area (Å²) in [4.78, 5) is 59.9. The molecule has 0 aliphatic heterocycles. The number of aromatic nitrogens is 3. The molecule has 1 aromatic carbocycles. The van der Waals surface area contributed by atoms with Gasteiger partial charge < -0.3 is 41.9 Å². The quantitative estimate of drug-likeness (QED) is 0.149. The van der Waals surface area contributed by atoms with Gasteiger partial charge in [-0.25, -0.2) is 9.78 Å². The summed E-state index contributed by atoms with van der Waals surface area (Å²) >= 11 is 0. The molecule has 0 spiro atoms. The average molecular weight is 514 g/mol. The van der Waals surface area contributed by atoms with Gasteiger partial charge in [0.15, 0.2) is 0 Å². The second kappa shape index (κ2) is 12.1. The molecule has 9 N–H and O–H groups in total. The SMILES string of the molecule is CC(N)C(=O)NC(Cc1c[nH]c2ccccc12)C(=O)NC(C(=O)NC(Cc1cnc[nH]1)C(=O)O)C(C)O. The molecule has 2 aromatic heterocycles. The second-order valence-corrected chi connectivity index (χ2v) is 8.82. The number of fused-ring (bicyclic) bond motifs is 1. The predicted molar refractivity (Wildman–Crippen MR) is 133 cm³/mol. The van der Waals surface area contributed by atoms with Crippen LogP contribution in [0, 0.1) is 0 Å². The van der Waals surface area contributed by atoms with Gasteiger partial charge in [0.1, 0.15) is 18.1 Å². The van der Waals surface area contributed by atoms with Gasteiger partial charge in [-0.05, 0) is 25.5 Å². The first-order valence-corrected chi connectivity index (χ1v) is 11.7. The number of carboxylic acids is 1. The zero-order valence-electron chi connectivity index (χ0n) is 20.4. The fraction of sp³-hybridized carbons (Fsp3) is 0.375. The van der Waals surface area contributed by atoms with E-state index in [-0.39, 0.29) is 12.8 Å². The number of nitrogens with one attached hydrogen (secondary N) is 5. The van der Waals surface area contributed by atoms with E-state index >= 15 is 0 Å². The Morgan fingerprint density at radius 1 is 0.973 bits per heavy atom. The van der Waals surface area contributed by atoms with E-state index in [0.29, 0.717) is 5.69 Å². The monoisotopic (exact) mass is 513 g/mol. The van der Waals surface area contributed by atoms with Crippen molar-refractivity contribution in [2.45, 2.75) is 57.0 Å². The maximum Gasteiger partial charge on any atom is 0.326 e. The molecule has 0 aliphatic carbocycles. The number of carbonyl (C=O) groups excluding carboxylic acids is 3. The summed E-state index contributed by atoms with van der Waals surface area (Å²) in [6.07, 6.45) is 3.12. The van der Waals surface area contributed by atoms with E-state index in [2.05, 4.69) is 30.9 Å². The normalized spacial score (nSPS) is 15.2. The van der Waals surface area contributed by atoms with Crippen molar-refractivity contribution >= 4 is 34.6 Å². The second-order valence-electron chi connectivity index (χ2n) is 8.82. The Bertz CT molecular complexity index is 1240. The molecule has 13 nitrogen and oxygen atoms in total. The van der Waals surface area contributed by atoms with Crippen molar-refractivity contribution in [1.82, 2.24) is 30.9 Å². The zero-order chi connectivity index (χ0) is 27.1. The number of aliphatic hydroxyl groups excluding tert-OH is 1. The molecule has 0 radical (unpaired) electrons. The van der Waals surface area contributed by atoms with Crippen LogP contribution in [0.3, 0.4) is 0 Å². The van der Waals surface area contributed by atoms with Crippen LogP contribution in [0.4, 0.5) is 0 Å². The molecule has 0 bridgehead atoms. The number of carbonyl (C=O) groups is 4. The lowest BCUT2D eigenvalue weighted by Gasteiger charge is -2.26. The molecule has 3 amide bonds. The number of aromatic amines is 2. The van der Waals surface area contributed by atoms with E-state index < -0.39 is 54.0 Å². The minimum absolute atomic E-state index is 0.0695. The Morgan fingerprint density at radius 3 is 2.30 bits per heavy atom. The molecule has 0 fully saturated rings. The van der Waals surface area contributed by atoms with E-state index in [1.54, 1.807) is 6.20 Å². The van der Waals surface area contributed by atoms with Crippen LogP contribution < -0.4 is 21.7 Å². The largest absolute Gasteiger partial charge is 0.480 e. The van der Waals surface area contributed by atoms with Crippen molar-refractivity contribution < 1.29 is 29.4 Å². The van der Waals surface area contributed by atoms with Crippen LogP contribution in [-0.4, -0.2) is 79.1 Å². The van der Waals surface area contributed by atoms with Crippen LogP contribution in [-0.2, 0) is 32.0 Å². The van der Waals surface area contributed by atoms with Crippen molar-refractivity contribution in [1.29, 1.82) is 0 Å². The molecular weight excluding hydrogens is 482 g/mol. The average Bonchev–Trinajstić information content (AvgIpc) is 3.51. The van der Waals surface area contributed by atoms with Gasteiger partial charge in [-0.3, -0.25) is 14.4 Å². The van der Waals surface area contributed by atoms with Crippen molar-refractivity contribution in [3.63, 3.8) is 0 Å². The highest BCUT2D eigenvalue weighted by molar-refractivity contribution is 5.95. The van der Waals surface area contributed by atoms with Crippen LogP contribution in [0.2, 0.25) is 0 Å². The van der Waals surface area contributed by atoms with Crippen LogP contribution >= 0.6 is 0 Å². The van der Waals surface area contributed by atoms with Crippen LogP contribution in [0.1, 0.15) is 25.1 Å². The molecule has 0 aliphatic rings. The van der Waals surface area contributed by atoms with Gasteiger partial charge in [0.05, 0.1) is 18.5 Å². The van der Waals surface area contributed by atoms with Crippen LogP contribution in [0.5, 0.6) is 0 Å². The van der Waals surface area contributed by atoms with E-state index in [4.69, 9.17) is 5.73 Å². The zero-order valence-corrected chi connectivity index (χ0v) is 20.4. The van der Waals surface area contributed by atoms with Crippen molar-refractivity contribution in [3.05, 3.63) is 54.2 Å². The summed E-state index contributed by atoms with van der Waals surface area (Å²) in [5, 5.41) is 28.0. The third-order valence-electron chi connectivity index (χ3n) is 5.80. The standard InChI is InChI=1S/C24H31N7O6/c1-12(25)21(33)29-18(7-14-9-27-17-6-4-3-5-16(14)17)22(34)31-20(13(2)32)23(35)30-19(24(36)37)8-15-10-26-11-28-15/h3-6,9-13,18-20,27,32H,7-8,25H2,1-2H3,(H,26,28)(H,29,33)(H,30,35)(H,31,34)(H,36,37). The number of nitrogens with zero attached hydrogens (tertiary/aromatic N) is 1. The number of para-hydroxylation sites is 1. The molecule has 0 saturated heterocycles. The summed E-state index contributed by atoms with van der Waals surface area (Å²) in [6, 6.07) is 2.56. The van der Waals surface area contributed by atoms with Gasteiger partial charge in [0, 0.05) is 41.8 Å². The number of hydrogen-bond donors (Lipinski definition) is 8. The van der Waals surface area contributed by atoms with Gasteiger partial charge in [0.2, 0.25) is 17.7 Å². The first-order chi connectivity index (χ1) is 17.6. The fourth-order valence-corrected chi connectivity index (χ4v) is 3.77. The van der Waals surface area contributed by atoms with Gasteiger partial charge >= 0.3 is 5.97 Å². The predicted octanol–water partition coefficient (Wildman–Crippen LogP) is -1.06. The maximum atomic E-state index is 13.3. The van der Waals surface area contributed by atoms with E-state index in [1.807, 2.05) is 24.3 Å². The maximum absolute atomic E-state index is 13.3. The number of nitrogens with two attached hydrogens (primary N) is 1. The number of aliphatic carboxylic acids is 1. The van der Waals surface area contributed by atoms with Gasteiger partial charge in [0.25, 0.3) is 0 Å². The minimum atomic E-state index is -1.49. The number of imidazole rings is 1. The van der Waals surface area contributed by atoms with Crippen molar-refractivity contribution in [2.75, 3.05) is 0 Å². The molecule has 5 atom stereocenters. The Labute approximate surface area is 212 Å². The van der Waals surface area contributed by atoms with Gasteiger partial charge in [-0.1, -0.05) is 18.2 Å². The highest BCUT2D eigenvalue weighted by Crippen LogP contribution is 2.19. The van der Waals surface area contributed by atoms with E-state index in [0.717, 1.165) is 16.5 Å². The molecule has 2 heterocycles. The van der Waals surface area contributed by atoms with Crippen LogP contribution in [0.25, 0.3) is 10.9 Å². The summed E-state index contributed by atoms with van der Waals surface area (Å²) in [5.41, 5.74) is 7.72. The third kappa shape index (κ3) is 7.15. The number of H-pyrrole nitrogens is 2. The highest BCUT2D eigenvalue weighted by Gasteiger charge is 2.33. The topological polar surface area (TPSA) is 215 Å². The summed E-state index contributed by atoms with van der Waals surface area (Å²) in [6.45, 7) is 2.75. The molecule has 3 rings (SSSR count). The Hall–Kier alpha value is -4.23. The molecular formula is C24H31N7O6. The minimum Gasteiger partial charge on any atom is -0.480 e. The number of hydrogen-bond acceptors (Lipinski definition) is 7. The third-order valence-corrected chi connectivity index (χ3v) is 5.80. The molecule has 5 unspecified atom stereocenters. The van der Waals surface area contributed by atoms with E-state index in [1.165, 1.54) is 26.4 Å². The first-order valence-electron chi connectivity index (χ1n) is 11.7. The van der Waals surface area contributed by atoms with Gasteiger partial charge in [-0.15, -0.1) is 0 Å². The lowest BCUT2D eigenvalue weighted by Crippen LogP contribution is -2.60. The number of benzene rings is 1. The first kappa shape index (κ1) is 27.4. The smallest absolute Gasteiger partial charge is 0.326 e. The van der Waals surface area contributed by atoms with Crippen molar-refractivity contribution in [3.8, 4) is 0 Å². The number of aliphatic hydroxyl groups is 1. The molecule has 198 valence electrons. The lowest BCUT2D eigenvalue weighted by atomic mass is 10.0. The number of rotatable bonds is 12. The molecule has 13 heteroatoms. The van der Waals surface area contributed by atoms with Crippen LogP contribution in [0.15, 0.2) is 43.0 Å². The Morgan fingerprint density at radius 2 is 1.68 bits per heavy atom. The number of amides is 3. The molecule has 37 heavy (non-hydrogen) atoms. The van der Waals surface area contributed by atoms with Gasteiger partial charge in [-0.2, -0.15) is 0 Å². The number of carboxylic acid groups (broad SMARTS) is 1. The Kier molecular flexibility index (Phi) is 8.98. The summed E-state index contributed by atoms with van der Waals surface area (Å²) in [5.74, 6) is -3.54. The summed E-state index contributed by atoms with van der Waals surface area (Å²) in [7, 11) is 0. The van der Waals surface area contributed by atoms with Crippen molar-refractivity contribution in [2.24, 2.45) is 5.73 Å².